The van der Waals surface area contributed by atoms with Gasteiger partial charge in [-0.3, -0.25) is 14.9 Å². The maximum atomic E-state index is 11.6. The van der Waals surface area contributed by atoms with Crippen molar-refractivity contribution in [2.45, 2.75) is 0 Å². The Balaban J connectivity index is 2.73. The predicted octanol–water partition coefficient (Wildman–Crippen LogP) is 1.02. The van der Waals surface area contributed by atoms with Gasteiger partial charge in [-0.1, -0.05) is 11.6 Å². The van der Waals surface area contributed by atoms with E-state index < -0.39 is 20.7 Å². The maximum Gasteiger partial charge on any atom is 0.287 e. The molecule has 0 saturated carbocycles. The number of nitrogens with zero attached hydrogens (tertiary/aromatic N) is 1. The molecule has 104 valence electrons. The third-order valence-electron chi connectivity index (χ3n) is 2.16. The largest absolute Gasteiger partial charge is 0.351 e. The van der Waals surface area contributed by atoms with E-state index in [-0.39, 0.29) is 28.6 Å². The molecule has 0 saturated heterocycles. The van der Waals surface area contributed by atoms with Crippen LogP contribution in [0.5, 0.6) is 0 Å². The molecule has 19 heavy (non-hydrogen) atoms. The average Bonchev–Trinajstić information content (AvgIpc) is 2.26. The number of benzene rings is 1. The zero-order chi connectivity index (χ0) is 14.6. The van der Waals surface area contributed by atoms with Crippen molar-refractivity contribution in [3.8, 4) is 0 Å². The number of hydrogen-bond acceptors (Lipinski definition) is 5. The Labute approximate surface area is 114 Å². The molecule has 0 bridgehead atoms. The highest BCUT2D eigenvalue weighted by molar-refractivity contribution is 7.90. The van der Waals surface area contributed by atoms with Gasteiger partial charge in [-0.05, 0) is 12.1 Å². The number of nitrogens with one attached hydrogen (secondary N) is 1. The van der Waals surface area contributed by atoms with E-state index in [0.29, 0.717) is 0 Å². The summed E-state index contributed by atoms with van der Waals surface area (Å²) in [6, 6.07) is 3.53. The van der Waals surface area contributed by atoms with Crippen molar-refractivity contribution in [2.75, 3.05) is 18.6 Å². The number of rotatable bonds is 5. The molecule has 0 aromatic heterocycles. The van der Waals surface area contributed by atoms with Crippen LogP contribution >= 0.6 is 11.6 Å². The highest BCUT2D eigenvalue weighted by Crippen LogP contribution is 2.24. The Bertz CT molecular complexity index is 614. The molecule has 0 atom stereocenters. The quantitative estimate of drug-likeness (QED) is 0.645. The van der Waals surface area contributed by atoms with E-state index in [4.69, 9.17) is 11.6 Å². The molecule has 0 aliphatic heterocycles. The Morgan fingerprint density at radius 3 is 2.58 bits per heavy atom. The van der Waals surface area contributed by atoms with Gasteiger partial charge in [0.2, 0.25) is 0 Å². The lowest BCUT2D eigenvalue weighted by Crippen LogP contribution is -2.28. The molecule has 0 unspecified atom stereocenters. The van der Waals surface area contributed by atoms with Crippen molar-refractivity contribution >= 4 is 33.0 Å². The van der Waals surface area contributed by atoms with Crippen LogP contribution in [0.15, 0.2) is 18.2 Å². The minimum absolute atomic E-state index is 0.0354. The van der Waals surface area contributed by atoms with Gasteiger partial charge in [0.25, 0.3) is 11.6 Å². The molecule has 9 heteroatoms. The third-order valence-corrected chi connectivity index (χ3v) is 3.41. The number of carbonyl (C=O) groups excluding carboxylic acids is 1. The van der Waals surface area contributed by atoms with Crippen LogP contribution in [0.2, 0.25) is 5.02 Å². The molecular weight excluding hydrogens is 296 g/mol. The minimum Gasteiger partial charge on any atom is -0.351 e. The van der Waals surface area contributed by atoms with Crippen LogP contribution < -0.4 is 5.32 Å². The minimum atomic E-state index is -3.16. The summed E-state index contributed by atoms with van der Waals surface area (Å²) < 4.78 is 21.8. The first-order chi connectivity index (χ1) is 8.70. The molecule has 0 fully saturated rings. The normalized spacial score (nSPS) is 11.1. The lowest BCUT2D eigenvalue weighted by molar-refractivity contribution is -0.384. The first-order valence-corrected chi connectivity index (χ1v) is 7.54. The van der Waals surface area contributed by atoms with E-state index in [9.17, 15) is 23.3 Å². The molecule has 0 radical (unpaired) electrons. The van der Waals surface area contributed by atoms with Gasteiger partial charge >= 0.3 is 0 Å². The number of sulfone groups is 1. The summed E-state index contributed by atoms with van der Waals surface area (Å²) in [4.78, 5) is 21.5. The second-order valence-electron chi connectivity index (χ2n) is 3.81. The summed E-state index contributed by atoms with van der Waals surface area (Å²) in [5, 5.41) is 12.8. The van der Waals surface area contributed by atoms with Gasteiger partial charge in [0.05, 0.1) is 10.7 Å². The van der Waals surface area contributed by atoms with Crippen LogP contribution in [0.3, 0.4) is 0 Å². The summed E-state index contributed by atoms with van der Waals surface area (Å²) in [6.07, 6.45) is 1.06. The van der Waals surface area contributed by atoms with E-state index in [1.165, 1.54) is 6.07 Å². The molecule has 0 aliphatic carbocycles. The highest BCUT2D eigenvalue weighted by Gasteiger charge is 2.15. The van der Waals surface area contributed by atoms with E-state index in [2.05, 4.69) is 5.32 Å². The maximum absolute atomic E-state index is 11.6. The van der Waals surface area contributed by atoms with Gasteiger partial charge in [-0.2, -0.15) is 0 Å². The zero-order valence-corrected chi connectivity index (χ0v) is 11.5. The van der Waals surface area contributed by atoms with E-state index in [0.717, 1.165) is 18.4 Å². The SMILES string of the molecule is CS(=O)(=O)CCNC(=O)c1ccc([N+](=O)[O-])c(Cl)c1. The monoisotopic (exact) mass is 306 g/mol. The van der Waals surface area contributed by atoms with Gasteiger partial charge in [0.15, 0.2) is 0 Å². The lowest BCUT2D eigenvalue weighted by atomic mass is 10.2. The van der Waals surface area contributed by atoms with Crippen molar-refractivity contribution in [1.82, 2.24) is 5.32 Å². The number of hydrogen-bond donors (Lipinski definition) is 1. The fourth-order valence-electron chi connectivity index (χ4n) is 1.25. The number of nitro groups is 1. The first-order valence-electron chi connectivity index (χ1n) is 5.10. The van der Waals surface area contributed by atoms with Crippen molar-refractivity contribution < 1.29 is 18.1 Å². The number of carbonyl (C=O) groups is 1. The van der Waals surface area contributed by atoms with Crippen LogP contribution in [-0.4, -0.2) is 37.8 Å². The zero-order valence-electron chi connectivity index (χ0n) is 9.92. The standard InChI is InChI=1S/C10H11ClN2O5S/c1-19(17,18)5-4-12-10(14)7-2-3-9(13(15)16)8(11)6-7/h2-3,6H,4-5H2,1H3,(H,12,14). The second kappa shape index (κ2) is 5.98. The van der Waals surface area contributed by atoms with Crippen molar-refractivity contribution in [3.05, 3.63) is 38.9 Å². The van der Waals surface area contributed by atoms with Crippen molar-refractivity contribution in [3.63, 3.8) is 0 Å². The predicted molar refractivity (Wildman–Crippen MR) is 70.2 cm³/mol. The molecule has 1 N–H and O–H groups in total. The van der Waals surface area contributed by atoms with Crippen molar-refractivity contribution in [1.29, 1.82) is 0 Å². The number of halogens is 1. The van der Waals surface area contributed by atoms with Crippen LogP contribution in [0.1, 0.15) is 10.4 Å². The second-order valence-corrected chi connectivity index (χ2v) is 6.48. The Morgan fingerprint density at radius 2 is 2.11 bits per heavy atom. The van der Waals surface area contributed by atoms with Gasteiger partial charge in [0, 0.05) is 24.4 Å². The molecule has 1 rings (SSSR count). The summed E-state index contributed by atoms with van der Waals surface area (Å²) in [5.41, 5.74) is -0.168. The Kier molecular flexibility index (Phi) is 4.84. The molecule has 0 aliphatic rings. The van der Waals surface area contributed by atoms with Gasteiger partial charge in [0.1, 0.15) is 14.9 Å². The average molecular weight is 307 g/mol. The van der Waals surface area contributed by atoms with Crippen molar-refractivity contribution in [2.24, 2.45) is 0 Å². The molecule has 7 nitrogen and oxygen atoms in total. The van der Waals surface area contributed by atoms with Gasteiger partial charge in [-0.15, -0.1) is 0 Å². The molecule has 1 aromatic carbocycles. The van der Waals surface area contributed by atoms with E-state index >= 15 is 0 Å². The summed E-state index contributed by atoms with van der Waals surface area (Å²) in [6.45, 7) is -0.0354. The van der Waals surface area contributed by atoms with Crippen LogP contribution in [-0.2, 0) is 9.84 Å². The van der Waals surface area contributed by atoms with E-state index in [1.54, 1.807) is 0 Å². The summed E-state index contributed by atoms with van der Waals surface area (Å²) in [5.74, 6) is -0.722. The lowest BCUT2D eigenvalue weighted by Gasteiger charge is -2.05. The van der Waals surface area contributed by atoms with E-state index in [1.807, 2.05) is 0 Å². The van der Waals surface area contributed by atoms with Crippen LogP contribution in [0, 0.1) is 10.1 Å². The van der Waals surface area contributed by atoms with Gasteiger partial charge < -0.3 is 5.32 Å². The first kappa shape index (κ1) is 15.4. The van der Waals surface area contributed by atoms with Gasteiger partial charge in [-0.25, -0.2) is 8.42 Å². The molecular formula is C10H11ClN2O5S. The smallest absolute Gasteiger partial charge is 0.287 e. The highest BCUT2D eigenvalue weighted by atomic mass is 35.5. The molecule has 1 aromatic rings. The molecule has 1 amide bonds. The number of nitro benzene ring substituents is 1. The topological polar surface area (TPSA) is 106 Å². The van der Waals surface area contributed by atoms with Crippen LogP contribution in [0.4, 0.5) is 5.69 Å². The molecule has 0 heterocycles. The number of amides is 1. The fraction of sp³-hybridized carbons (Fsp3) is 0.300. The fourth-order valence-corrected chi connectivity index (χ4v) is 1.97. The Hall–Kier alpha value is -1.67. The Morgan fingerprint density at radius 1 is 1.47 bits per heavy atom. The molecule has 0 spiro atoms. The van der Waals surface area contributed by atoms with Crippen LogP contribution in [0.25, 0.3) is 0 Å². The summed E-state index contributed by atoms with van der Waals surface area (Å²) in [7, 11) is -3.16. The third kappa shape index (κ3) is 4.84. The summed E-state index contributed by atoms with van der Waals surface area (Å²) >= 11 is 5.66.